The summed E-state index contributed by atoms with van der Waals surface area (Å²) in [6, 6.07) is 10.6. The maximum atomic E-state index is 13.5. The number of pyridine rings is 1. The number of anilines is 1. The topological polar surface area (TPSA) is 45.2 Å². The molecule has 0 spiro atoms. The van der Waals surface area contributed by atoms with Crippen molar-refractivity contribution in [2.45, 2.75) is 12.3 Å². The summed E-state index contributed by atoms with van der Waals surface area (Å²) < 4.78 is 13.5. The van der Waals surface area contributed by atoms with Gasteiger partial charge in [0.2, 0.25) is 0 Å². The first-order chi connectivity index (χ1) is 9.79. The molecular formula is C15H17FN2OS. The summed E-state index contributed by atoms with van der Waals surface area (Å²) in [5.74, 6) is 2.07. The van der Waals surface area contributed by atoms with Crippen LogP contribution >= 0.6 is 11.8 Å². The van der Waals surface area contributed by atoms with Crippen molar-refractivity contribution in [3.8, 4) is 0 Å². The summed E-state index contributed by atoms with van der Waals surface area (Å²) in [6.07, 6.45) is 1.73. The van der Waals surface area contributed by atoms with Gasteiger partial charge in [0.05, 0.1) is 6.61 Å². The average molecular weight is 292 g/mol. The van der Waals surface area contributed by atoms with Gasteiger partial charge in [-0.1, -0.05) is 18.2 Å². The van der Waals surface area contributed by atoms with E-state index < -0.39 is 0 Å². The van der Waals surface area contributed by atoms with Gasteiger partial charge < -0.3 is 10.4 Å². The standard InChI is InChI=1S/C15H17FN2OS/c16-14-4-2-1-3-13(14)10-18-15-9-12(5-6-17-15)11-20-8-7-19/h1-6,9,19H,7-8,10-11H2,(H,17,18). The molecule has 1 heterocycles. The van der Waals surface area contributed by atoms with E-state index in [1.807, 2.05) is 18.2 Å². The van der Waals surface area contributed by atoms with Crippen molar-refractivity contribution in [1.29, 1.82) is 0 Å². The third-order valence-electron chi connectivity index (χ3n) is 2.75. The Hall–Kier alpha value is -1.59. The van der Waals surface area contributed by atoms with Gasteiger partial charge in [-0.25, -0.2) is 9.37 Å². The van der Waals surface area contributed by atoms with Crippen molar-refractivity contribution >= 4 is 17.6 Å². The van der Waals surface area contributed by atoms with E-state index in [2.05, 4.69) is 10.3 Å². The van der Waals surface area contributed by atoms with E-state index in [4.69, 9.17) is 5.11 Å². The van der Waals surface area contributed by atoms with Crippen LogP contribution in [-0.2, 0) is 12.3 Å². The van der Waals surface area contributed by atoms with Gasteiger partial charge >= 0.3 is 0 Å². The number of hydrogen-bond acceptors (Lipinski definition) is 4. The van der Waals surface area contributed by atoms with Crippen LogP contribution in [0.15, 0.2) is 42.6 Å². The molecule has 0 saturated heterocycles. The summed E-state index contributed by atoms with van der Waals surface area (Å²) in [7, 11) is 0. The smallest absolute Gasteiger partial charge is 0.128 e. The van der Waals surface area contributed by atoms with Crippen LogP contribution in [0.5, 0.6) is 0 Å². The zero-order chi connectivity index (χ0) is 14.2. The number of halogens is 1. The number of thioether (sulfide) groups is 1. The maximum absolute atomic E-state index is 13.5. The number of hydrogen-bond donors (Lipinski definition) is 2. The lowest BCUT2D eigenvalue weighted by molar-refractivity contribution is 0.322. The van der Waals surface area contributed by atoms with Crippen molar-refractivity contribution < 1.29 is 9.50 Å². The van der Waals surface area contributed by atoms with Crippen LogP contribution < -0.4 is 5.32 Å². The molecule has 2 rings (SSSR count). The van der Waals surface area contributed by atoms with Gasteiger partial charge in [-0.3, -0.25) is 0 Å². The predicted molar refractivity (Wildman–Crippen MR) is 81.2 cm³/mol. The zero-order valence-electron chi connectivity index (χ0n) is 11.1. The molecule has 5 heteroatoms. The molecule has 2 N–H and O–H groups in total. The molecule has 1 aromatic heterocycles. The van der Waals surface area contributed by atoms with Crippen LogP contribution in [0.1, 0.15) is 11.1 Å². The van der Waals surface area contributed by atoms with Crippen LogP contribution in [0.4, 0.5) is 10.2 Å². The van der Waals surface area contributed by atoms with Crippen LogP contribution in [0.3, 0.4) is 0 Å². The highest BCUT2D eigenvalue weighted by Crippen LogP contribution is 2.15. The van der Waals surface area contributed by atoms with Crippen molar-refractivity contribution in [3.05, 3.63) is 59.5 Å². The van der Waals surface area contributed by atoms with E-state index in [0.717, 1.165) is 22.9 Å². The predicted octanol–water partition coefficient (Wildman–Crippen LogP) is 3.06. The molecule has 0 atom stereocenters. The first-order valence-electron chi connectivity index (χ1n) is 6.40. The van der Waals surface area contributed by atoms with Gasteiger partial charge in [-0.15, -0.1) is 0 Å². The molecule has 2 aromatic rings. The highest BCUT2D eigenvalue weighted by atomic mass is 32.2. The Labute approximate surface area is 122 Å². The molecule has 0 saturated carbocycles. The fourth-order valence-electron chi connectivity index (χ4n) is 1.74. The molecule has 0 aliphatic heterocycles. The van der Waals surface area contributed by atoms with E-state index in [9.17, 15) is 4.39 Å². The monoisotopic (exact) mass is 292 g/mol. The van der Waals surface area contributed by atoms with Gasteiger partial charge in [0, 0.05) is 29.8 Å². The van der Waals surface area contributed by atoms with Gasteiger partial charge in [-0.05, 0) is 23.8 Å². The molecule has 0 amide bonds. The molecule has 0 unspecified atom stereocenters. The number of nitrogens with zero attached hydrogens (tertiary/aromatic N) is 1. The number of aromatic nitrogens is 1. The lowest BCUT2D eigenvalue weighted by Crippen LogP contribution is -2.03. The molecule has 1 aromatic carbocycles. The van der Waals surface area contributed by atoms with Gasteiger partial charge in [0.25, 0.3) is 0 Å². The minimum absolute atomic E-state index is 0.189. The summed E-state index contributed by atoms with van der Waals surface area (Å²) in [6.45, 7) is 0.598. The molecule has 0 aliphatic carbocycles. The Morgan fingerprint density at radius 1 is 1.25 bits per heavy atom. The van der Waals surface area contributed by atoms with Gasteiger partial charge in [-0.2, -0.15) is 11.8 Å². The highest BCUT2D eigenvalue weighted by Gasteiger charge is 2.02. The van der Waals surface area contributed by atoms with Crippen LogP contribution in [0.25, 0.3) is 0 Å². The molecule has 0 fully saturated rings. The maximum Gasteiger partial charge on any atom is 0.128 e. The molecule has 0 bridgehead atoms. The fraction of sp³-hybridized carbons (Fsp3) is 0.267. The number of aliphatic hydroxyl groups excluding tert-OH is 1. The summed E-state index contributed by atoms with van der Waals surface area (Å²) in [5, 5.41) is 11.9. The average Bonchev–Trinajstić information content (AvgIpc) is 2.47. The largest absolute Gasteiger partial charge is 0.396 e. The quantitative estimate of drug-likeness (QED) is 0.770. The summed E-state index contributed by atoms with van der Waals surface area (Å²) >= 11 is 1.67. The van der Waals surface area contributed by atoms with Crippen molar-refractivity contribution in [2.75, 3.05) is 17.7 Å². The van der Waals surface area contributed by atoms with Crippen LogP contribution in [-0.4, -0.2) is 22.5 Å². The van der Waals surface area contributed by atoms with Gasteiger partial charge in [0.1, 0.15) is 11.6 Å². The summed E-state index contributed by atoms with van der Waals surface area (Å²) in [4.78, 5) is 4.22. The third-order valence-corrected chi connectivity index (χ3v) is 3.76. The Bertz CT molecular complexity index is 551. The first kappa shape index (κ1) is 14.8. The molecular weight excluding hydrogens is 275 g/mol. The van der Waals surface area contributed by atoms with Crippen LogP contribution in [0.2, 0.25) is 0 Å². The Morgan fingerprint density at radius 2 is 2.10 bits per heavy atom. The van der Waals surface area contributed by atoms with E-state index in [1.165, 1.54) is 6.07 Å². The number of benzene rings is 1. The van der Waals surface area contributed by atoms with Crippen LogP contribution in [0, 0.1) is 5.82 Å². The number of rotatable bonds is 7. The summed E-state index contributed by atoms with van der Waals surface area (Å²) in [5.41, 5.74) is 1.75. The molecule has 20 heavy (non-hydrogen) atoms. The Morgan fingerprint density at radius 3 is 2.90 bits per heavy atom. The van der Waals surface area contributed by atoms with E-state index in [0.29, 0.717) is 12.1 Å². The second-order valence-corrected chi connectivity index (χ2v) is 5.38. The normalized spacial score (nSPS) is 10.5. The second kappa shape index (κ2) is 7.87. The number of aliphatic hydroxyl groups is 1. The van der Waals surface area contributed by atoms with E-state index in [-0.39, 0.29) is 12.4 Å². The molecule has 106 valence electrons. The lowest BCUT2D eigenvalue weighted by Gasteiger charge is -2.08. The Balaban J connectivity index is 1.93. The molecule has 0 aliphatic rings. The van der Waals surface area contributed by atoms with Crippen molar-refractivity contribution in [1.82, 2.24) is 4.98 Å². The van der Waals surface area contributed by atoms with E-state index in [1.54, 1.807) is 30.1 Å². The Kier molecular flexibility index (Phi) is 5.83. The minimum Gasteiger partial charge on any atom is -0.396 e. The van der Waals surface area contributed by atoms with Crippen molar-refractivity contribution in [2.24, 2.45) is 0 Å². The first-order valence-corrected chi connectivity index (χ1v) is 7.56. The molecule has 3 nitrogen and oxygen atoms in total. The number of nitrogens with one attached hydrogen (secondary N) is 1. The van der Waals surface area contributed by atoms with Gasteiger partial charge in [0.15, 0.2) is 0 Å². The third kappa shape index (κ3) is 4.51. The van der Waals surface area contributed by atoms with Crippen molar-refractivity contribution in [3.63, 3.8) is 0 Å². The fourth-order valence-corrected chi connectivity index (χ4v) is 2.43. The minimum atomic E-state index is -0.213. The SMILES string of the molecule is OCCSCc1ccnc(NCc2ccccc2F)c1. The second-order valence-electron chi connectivity index (χ2n) is 4.27. The highest BCUT2D eigenvalue weighted by molar-refractivity contribution is 7.98. The molecule has 0 radical (unpaired) electrons. The lowest BCUT2D eigenvalue weighted by atomic mass is 10.2. The van der Waals surface area contributed by atoms with E-state index >= 15 is 0 Å². The zero-order valence-corrected chi connectivity index (χ0v) is 11.9.